The molecule has 7 nitrogen and oxygen atoms in total. The maximum atomic E-state index is 12.7. The molecular formula is C22H27N3O4S. The molecule has 8 heteroatoms. The van der Waals surface area contributed by atoms with Crippen LogP contribution in [0.3, 0.4) is 0 Å². The Bertz CT molecular complexity index is 1100. The van der Waals surface area contributed by atoms with Crippen LogP contribution in [0.25, 0.3) is 11.0 Å². The van der Waals surface area contributed by atoms with E-state index in [2.05, 4.69) is 5.32 Å². The first kappa shape index (κ1) is 21.9. The van der Waals surface area contributed by atoms with Gasteiger partial charge in [-0.05, 0) is 57.2 Å². The summed E-state index contributed by atoms with van der Waals surface area (Å²) in [6.45, 7) is 5.50. The molecule has 160 valence electrons. The number of benzene rings is 2. The maximum Gasteiger partial charge on any atom is 0.322 e. The number of urea groups is 1. The van der Waals surface area contributed by atoms with E-state index in [9.17, 15) is 13.2 Å². The molecule has 1 aromatic heterocycles. The second kappa shape index (κ2) is 8.49. The number of carbonyl (C=O) groups is 1. The lowest BCUT2D eigenvalue weighted by atomic mass is 10.2. The molecule has 0 aliphatic heterocycles. The van der Waals surface area contributed by atoms with Gasteiger partial charge in [-0.25, -0.2) is 13.2 Å². The van der Waals surface area contributed by atoms with Gasteiger partial charge < -0.3 is 14.6 Å². The molecule has 1 heterocycles. The van der Waals surface area contributed by atoms with E-state index in [1.807, 2.05) is 51.1 Å². The summed E-state index contributed by atoms with van der Waals surface area (Å²) in [6.07, 6.45) is 0. The first-order valence-electron chi connectivity index (χ1n) is 9.71. The molecule has 3 aromatic rings. The van der Waals surface area contributed by atoms with Crippen molar-refractivity contribution in [3.05, 3.63) is 60.4 Å². The van der Waals surface area contributed by atoms with Crippen molar-refractivity contribution < 1.29 is 17.6 Å². The Labute approximate surface area is 177 Å². The minimum Gasteiger partial charge on any atom is -0.459 e. The average molecular weight is 430 g/mol. The van der Waals surface area contributed by atoms with Gasteiger partial charge in [-0.15, -0.1) is 0 Å². The number of furan rings is 1. The summed E-state index contributed by atoms with van der Waals surface area (Å²) < 4.78 is 32.3. The van der Waals surface area contributed by atoms with E-state index in [4.69, 9.17) is 4.42 Å². The highest BCUT2D eigenvalue weighted by Gasteiger charge is 2.24. The number of para-hydroxylation sites is 1. The molecule has 1 atom stereocenters. The van der Waals surface area contributed by atoms with Crippen LogP contribution < -0.4 is 5.32 Å². The number of nitrogens with one attached hydrogen (secondary N) is 1. The molecule has 2 amide bonds. The fourth-order valence-electron chi connectivity index (χ4n) is 2.94. The lowest BCUT2D eigenvalue weighted by molar-refractivity contribution is 0.201. The number of carbonyl (C=O) groups excluding carboxylic acids is 1. The summed E-state index contributed by atoms with van der Waals surface area (Å²) in [5.74, 6) is 0.687. The Morgan fingerprint density at radius 2 is 1.63 bits per heavy atom. The van der Waals surface area contributed by atoms with Gasteiger partial charge >= 0.3 is 6.03 Å². The standard InChI is InChI=1S/C22H27N3O4S/c1-15(2)25(5)30(27,28)19-12-10-18(11-13-19)23-22(26)24(4)16(3)21-14-17-8-6-7-9-20(17)29-21/h6-16H,1-5H3,(H,23,26)/t16-/m0/s1. The third kappa shape index (κ3) is 4.34. The lowest BCUT2D eigenvalue weighted by Gasteiger charge is -2.24. The second-order valence-electron chi connectivity index (χ2n) is 7.54. The Kier molecular flexibility index (Phi) is 6.19. The zero-order valence-electron chi connectivity index (χ0n) is 17.8. The summed E-state index contributed by atoms with van der Waals surface area (Å²) >= 11 is 0. The molecule has 0 unspecified atom stereocenters. The average Bonchev–Trinajstić information content (AvgIpc) is 3.16. The van der Waals surface area contributed by atoms with Crippen molar-refractivity contribution in [2.75, 3.05) is 19.4 Å². The quantitative estimate of drug-likeness (QED) is 0.616. The van der Waals surface area contributed by atoms with Gasteiger partial charge in [-0.3, -0.25) is 0 Å². The first-order valence-corrected chi connectivity index (χ1v) is 11.2. The smallest absolute Gasteiger partial charge is 0.322 e. The molecule has 30 heavy (non-hydrogen) atoms. The van der Waals surface area contributed by atoms with Crippen LogP contribution in [0.4, 0.5) is 10.5 Å². The fraction of sp³-hybridized carbons (Fsp3) is 0.318. The second-order valence-corrected chi connectivity index (χ2v) is 9.54. The minimum absolute atomic E-state index is 0.150. The highest BCUT2D eigenvalue weighted by Crippen LogP contribution is 2.27. The Hall–Kier alpha value is -2.84. The number of sulfonamides is 1. The van der Waals surface area contributed by atoms with Crippen molar-refractivity contribution >= 4 is 32.7 Å². The van der Waals surface area contributed by atoms with Gasteiger partial charge in [0.25, 0.3) is 0 Å². The maximum absolute atomic E-state index is 12.7. The normalized spacial score (nSPS) is 13.0. The van der Waals surface area contributed by atoms with Crippen LogP contribution in [-0.2, 0) is 10.0 Å². The van der Waals surface area contributed by atoms with Crippen LogP contribution in [0, 0.1) is 0 Å². The molecule has 0 saturated heterocycles. The molecule has 0 spiro atoms. The van der Waals surface area contributed by atoms with E-state index >= 15 is 0 Å². The zero-order valence-corrected chi connectivity index (χ0v) is 18.6. The fourth-order valence-corrected chi connectivity index (χ4v) is 4.31. The summed E-state index contributed by atoms with van der Waals surface area (Å²) in [7, 11) is -0.334. The molecule has 3 rings (SSSR count). The van der Waals surface area contributed by atoms with E-state index in [1.54, 1.807) is 26.2 Å². The largest absolute Gasteiger partial charge is 0.459 e. The van der Waals surface area contributed by atoms with Gasteiger partial charge in [0.05, 0.1) is 10.9 Å². The molecule has 1 N–H and O–H groups in total. The van der Waals surface area contributed by atoms with E-state index < -0.39 is 10.0 Å². The lowest BCUT2D eigenvalue weighted by Crippen LogP contribution is -2.34. The van der Waals surface area contributed by atoms with Crippen LogP contribution in [0.1, 0.15) is 32.6 Å². The van der Waals surface area contributed by atoms with E-state index in [-0.39, 0.29) is 23.0 Å². The monoisotopic (exact) mass is 429 g/mol. The van der Waals surface area contributed by atoms with E-state index in [0.717, 1.165) is 11.0 Å². The van der Waals surface area contributed by atoms with Crippen molar-refractivity contribution in [2.24, 2.45) is 0 Å². The Balaban J connectivity index is 1.70. The predicted molar refractivity (Wildman–Crippen MR) is 118 cm³/mol. The van der Waals surface area contributed by atoms with Crippen LogP contribution in [0.15, 0.2) is 63.9 Å². The summed E-state index contributed by atoms with van der Waals surface area (Å²) in [5, 5.41) is 3.78. The Morgan fingerprint density at radius 3 is 2.23 bits per heavy atom. The van der Waals surface area contributed by atoms with Gasteiger partial charge in [-0.2, -0.15) is 4.31 Å². The summed E-state index contributed by atoms with van der Waals surface area (Å²) in [5.41, 5.74) is 1.28. The van der Waals surface area contributed by atoms with Crippen LogP contribution in [-0.4, -0.2) is 43.8 Å². The van der Waals surface area contributed by atoms with Gasteiger partial charge in [0.1, 0.15) is 11.3 Å². The van der Waals surface area contributed by atoms with E-state index in [1.165, 1.54) is 21.3 Å². The van der Waals surface area contributed by atoms with Gasteiger partial charge in [0.15, 0.2) is 0 Å². The summed E-state index contributed by atoms with van der Waals surface area (Å²) in [6, 6.07) is 15.0. The number of fused-ring (bicyclic) bond motifs is 1. The van der Waals surface area contributed by atoms with E-state index in [0.29, 0.717) is 11.4 Å². The molecule has 0 fully saturated rings. The number of hydrogen-bond acceptors (Lipinski definition) is 4. The molecule has 0 aliphatic rings. The highest BCUT2D eigenvalue weighted by molar-refractivity contribution is 7.89. The first-order chi connectivity index (χ1) is 14.1. The molecule has 0 radical (unpaired) electrons. The van der Waals surface area contributed by atoms with Crippen molar-refractivity contribution in [3.63, 3.8) is 0 Å². The minimum atomic E-state index is -3.56. The molecule has 0 bridgehead atoms. The van der Waals surface area contributed by atoms with Crippen molar-refractivity contribution in [1.29, 1.82) is 0 Å². The van der Waals surface area contributed by atoms with Crippen molar-refractivity contribution in [2.45, 2.75) is 37.8 Å². The van der Waals surface area contributed by atoms with Crippen LogP contribution >= 0.6 is 0 Å². The number of nitrogens with zero attached hydrogens (tertiary/aromatic N) is 2. The topological polar surface area (TPSA) is 82.9 Å². The number of hydrogen-bond donors (Lipinski definition) is 1. The van der Waals surface area contributed by atoms with Gasteiger partial charge in [0, 0.05) is 31.2 Å². The summed E-state index contributed by atoms with van der Waals surface area (Å²) in [4.78, 5) is 14.4. The third-order valence-corrected chi connectivity index (χ3v) is 7.32. The molecule has 0 saturated carbocycles. The molecular weight excluding hydrogens is 402 g/mol. The number of anilines is 1. The predicted octanol–water partition coefficient (Wildman–Crippen LogP) is 4.69. The highest BCUT2D eigenvalue weighted by atomic mass is 32.2. The van der Waals surface area contributed by atoms with Crippen molar-refractivity contribution in [1.82, 2.24) is 9.21 Å². The number of rotatable bonds is 6. The zero-order chi connectivity index (χ0) is 22.1. The molecule has 2 aromatic carbocycles. The van der Waals surface area contributed by atoms with Crippen LogP contribution in [0.5, 0.6) is 0 Å². The van der Waals surface area contributed by atoms with Gasteiger partial charge in [-0.1, -0.05) is 18.2 Å². The number of amides is 2. The SMILES string of the molecule is CC(C)N(C)S(=O)(=O)c1ccc(NC(=O)N(C)[C@@H](C)c2cc3ccccc3o2)cc1. The Morgan fingerprint density at radius 1 is 1.00 bits per heavy atom. The van der Waals surface area contributed by atoms with Crippen molar-refractivity contribution in [3.8, 4) is 0 Å². The van der Waals surface area contributed by atoms with Gasteiger partial charge in [0.2, 0.25) is 10.0 Å². The van der Waals surface area contributed by atoms with Crippen LogP contribution in [0.2, 0.25) is 0 Å². The molecule has 0 aliphatic carbocycles. The third-order valence-electron chi connectivity index (χ3n) is 5.27.